The van der Waals surface area contributed by atoms with Crippen LogP contribution in [0.25, 0.3) is 0 Å². The van der Waals surface area contributed by atoms with Gasteiger partial charge < -0.3 is 15.4 Å². The van der Waals surface area contributed by atoms with Crippen LogP contribution in [0.2, 0.25) is 0 Å². The largest absolute Gasteiger partial charge is 0.477 e. The lowest BCUT2D eigenvalue weighted by atomic mass is 9.99. The number of nitrogens with zero attached hydrogens (tertiary/aromatic N) is 2. The topological polar surface area (TPSA) is 121 Å². The number of amides is 2. The van der Waals surface area contributed by atoms with Gasteiger partial charge in [-0.05, 0) is 74.2 Å². The number of aromatic nitrogens is 2. The number of hydrogen-bond acceptors (Lipinski definition) is 6. The van der Waals surface area contributed by atoms with Gasteiger partial charge in [0.2, 0.25) is 5.88 Å². The molecule has 1 aromatic heterocycles. The first-order valence-electron chi connectivity index (χ1n) is 10.9. The monoisotopic (exact) mass is 444 g/mol. The fraction of sp³-hybridized carbons (Fsp3) is 0.524. The van der Waals surface area contributed by atoms with Crippen molar-refractivity contribution in [3.63, 3.8) is 0 Å². The molecule has 4 N–H and O–H groups in total. The number of anilines is 1. The zero-order valence-electron chi connectivity index (χ0n) is 17.6. The van der Waals surface area contributed by atoms with Gasteiger partial charge >= 0.3 is 6.03 Å². The van der Waals surface area contributed by atoms with Crippen LogP contribution in [0.4, 0.5) is 10.5 Å². The molecule has 3 aliphatic rings. The Balaban J connectivity index is 1.38. The van der Waals surface area contributed by atoms with Crippen molar-refractivity contribution in [2.75, 3.05) is 19.0 Å². The van der Waals surface area contributed by atoms with Crippen molar-refractivity contribution >= 4 is 21.6 Å². The Bertz CT molecular complexity index is 1110. The Morgan fingerprint density at radius 1 is 1.23 bits per heavy atom. The number of aryl methyl sites for hydroxylation is 2. The van der Waals surface area contributed by atoms with E-state index in [0.29, 0.717) is 19.0 Å². The summed E-state index contributed by atoms with van der Waals surface area (Å²) in [5.74, 6) is 0.291. The number of nitrogens with one attached hydrogen (secondary N) is 4. The van der Waals surface area contributed by atoms with Crippen molar-refractivity contribution in [2.45, 2.75) is 62.4 Å². The highest BCUT2D eigenvalue weighted by Gasteiger charge is 2.29. The van der Waals surface area contributed by atoms with Crippen LogP contribution in [0.1, 0.15) is 41.5 Å². The third-order valence-corrected chi connectivity index (χ3v) is 7.90. The predicted octanol–water partition coefficient (Wildman–Crippen LogP) is 2.37. The van der Waals surface area contributed by atoms with E-state index in [1.807, 2.05) is 7.05 Å². The molecule has 10 heteroatoms. The standard InChI is InChI=1S/C21H28N6O3S/c1-23-15-8-9-30-20-18(11-24-27(20)12-15)31(22,29)26-21(28)25-19-16-6-2-4-13(16)10-14-5-3-7-17(14)19/h10-11,15,23H,2-9,12H2,1H3,(H3,22,25,26,28,29)/t15-,31?/m1/s1. The Morgan fingerprint density at radius 3 is 2.61 bits per heavy atom. The Kier molecular flexibility index (Phi) is 5.13. The highest BCUT2D eigenvalue weighted by atomic mass is 32.2. The first-order valence-corrected chi connectivity index (χ1v) is 12.4. The number of carbonyl (C=O) groups is 1. The summed E-state index contributed by atoms with van der Waals surface area (Å²) in [6.45, 7) is 0.976. The van der Waals surface area contributed by atoms with Crippen LogP contribution in [0, 0.1) is 4.78 Å². The van der Waals surface area contributed by atoms with Gasteiger partial charge in [0.25, 0.3) is 0 Å². The van der Waals surface area contributed by atoms with E-state index in [2.05, 4.69) is 26.5 Å². The minimum absolute atomic E-state index is 0.0999. The van der Waals surface area contributed by atoms with Gasteiger partial charge in [0.15, 0.2) is 9.92 Å². The average molecular weight is 445 g/mol. The number of rotatable bonds is 4. The highest BCUT2D eigenvalue weighted by molar-refractivity contribution is 7.91. The summed E-state index contributed by atoms with van der Waals surface area (Å²) in [6.07, 6.45) is 8.23. The lowest BCUT2D eigenvalue weighted by molar-refractivity contribution is 0.256. The molecule has 5 rings (SSSR count). The number of urea groups is 1. The molecule has 0 radical (unpaired) electrons. The molecule has 0 fully saturated rings. The van der Waals surface area contributed by atoms with Gasteiger partial charge in [0, 0.05) is 11.7 Å². The van der Waals surface area contributed by atoms with Crippen molar-refractivity contribution in [1.29, 1.82) is 4.78 Å². The first-order chi connectivity index (χ1) is 15.0. The molecule has 0 saturated heterocycles. The molecule has 0 bridgehead atoms. The van der Waals surface area contributed by atoms with Gasteiger partial charge in [-0.15, -0.1) is 0 Å². The summed E-state index contributed by atoms with van der Waals surface area (Å²) in [6, 6.07) is 1.84. The Hall–Kier alpha value is -2.59. The van der Waals surface area contributed by atoms with E-state index in [9.17, 15) is 9.00 Å². The molecule has 31 heavy (non-hydrogen) atoms. The maximum atomic E-state index is 13.2. The summed E-state index contributed by atoms with van der Waals surface area (Å²) < 4.78 is 31.3. The van der Waals surface area contributed by atoms with E-state index < -0.39 is 15.9 Å². The average Bonchev–Trinajstić information content (AvgIpc) is 3.44. The number of likely N-dealkylation sites (N-methyl/N-ethyl adjacent to an activating group) is 1. The number of benzene rings is 1. The molecule has 1 unspecified atom stereocenters. The van der Waals surface area contributed by atoms with Crippen molar-refractivity contribution in [2.24, 2.45) is 0 Å². The molecule has 2 aliphatic carbocycles. The number of fused-ring (bicyclic) bond motifs is 3. The predicted molar refractivity (Wildman–Crippen MR) is 117 cm³/mol. The summed E-state index contributed by atoms with van der Waals surface area (Å²) >= 11 is 0. The normalized spacial score (nSPS) is 21.3. The molecule has 9 nitrogen and oxygen atoms in total. The first kappa shape index (κ1) is 20.3. The molecule has 2 heterocycles. The Morgan fingerprint density at radius 2 is 1.94 bits per heavy atom. The molecule has 1 aliphatic heterocycles. The molecule has 1 aromatic carbocycles. The molecule has 2 aromatic rings. The van der Waals surface area contributed by atoms with Gasteiger partial charge in [0.05, 0.1) is 19.3 Å². The van der Waals surface area contributed by atoms with E-state index >= 15 is 0 Å². The fourth-order valence-electron chi connectivity index (χ4n) is 4.96. The van der Waals surface area contributed by atoms with Gasteiger partial charge in [-0.3, -0.25) is 0 Å². The van der Waals surface area contributed by atoms with Crippen molar-refractivity contribution < 1.29 is 13.7 Å². The molecule has 2 amide bonds. The summed E-state index contributed by atoms with van der Waals surface area (Å²) in [7, 11) is -1.77. The van der Waals surface area contributed by atoms with Crippen LogP contribution in [0.5, 0.6) is 5.88 Å². The van der Waals surface area contributed by atoms with E-state index in [-0.39, 0.29) is 10.9 Å². The van der Waals surface area contributed by atoms with Crippen LogP contribution in [-0.2, 0) is 42.1 Å². The van der Waals surface area contributed by atoms with Crippen molar-refractivity contribution in [3.05, 3.63) is 34.5 Å². The molecular weight excluding hydrogens is 416 g/mol. The molecular formula is C21H28N6O3S. The third-order valence-electron chi connectivity index (χ3n) is 6.52. The van der Waals surface area contributed by atoms with E-state index in [4.69, 9.17) is 9.52 Å². The quantitative estimate of drug-likeness (QED) is 0.577. The molecule has 166 valence electrons. The van der Waals surface area contributed by atoms with Crippen molar-refractivity contribution in [3.8, 4) is 5.88 Å². The molecule has 2 atom stereocenters. The molecule has 0 spiro atoms. The smallest absolute Gasteiger partial charge is 0.331 e. The zero-order chi connectivity index (χ0) is 21.6. The SMILES string of the molecule is CN[C@@H]1CCOc2c(S(=N)(=O)NC(=O)Nc3c4c(cc5c3CCC5)CCC4)cnn2C1. The van der Waals surface area contributed by atoms with Gasteiger partial charge in [-0.2, -0.15) is 5.10 Å². The van der Waals surface area contributed by atoms with Gasteiger partial charge in [0.1, 0.15) is 4.90 Å². The second kappa shape index (κ2) is 7.83. The van der Waals surface area contributed by atoms with Crippen LogP contribution in [0.3, 0.4) is 0 Å². The highest BCUT2D eigenvalue weighted by Crippen LogP contribution is 2.38. The third kappa shape index (κ3) is 3.67. The second-order valence-electron chi connectivity index (χ2n) is 8.47. The van der Waals surface area contributed by atoms with Gasteiger partial charge in [-0.25, -0.2) is 23.2 Å². The van der Waals surface area contributed by atoms with E-state index in [0.717, 1.165) is 50.6 Å². The maximum Gasteiger partial charge on any atom is 0.331 e. The summed E-state index contributed by atoms with van der Waals surface area (Å²) in [5.41, 5.74) is 5.84. The molecule has 0 saturated carbocycles. The van der Waals surface area contributed by atoms with E-state index in [1.54, 1.807) is 4.68 Å². The van der Waals surface area contributed by atoms with Crippen LogP contribution in [-0.4, -0.2) is 39.7 Å². The summed E-state index contributed by atoms with van der Waals surface area (Å²) in [5, 5.41) is 10.4. The van der Waals surface area contributed by atoms with E-state index in [1.165, 1.54) is 28.5 Å². The van der Waals surface area contributed by atoms with Crippen LogP contribution in [0.15, 0.2) is 17.2 Å². The second-order valence-corrected chi connectivity index (χ2v) is 10.2. The van der Waals surface area contributed by atoms with Crippen LogP contribution >= 0.6 is 0 Å². The lowest BCUT2D eigenvalue weighted by Gasteiger charge is -2.17. The number of ether oxygens (including phenoxy) is 1. The van der Waals surface area contributed by atoms with Crippen LogP contribution < -0.4 is 20.1 Å². The number of hydrogen-bond donors (Lipinski definition) is 4. The van der Waals surface area contributed by atoms with Gasteiger partial charge in [-0.1, -0.05) is 6.07 Å². The van der Waals surface area contributed by atoms with Crippen molar-refractivity contribution in [1.82, 2.24) is 19.8 Å². The maximum absolute atomic E-state index is 13.2. The zero-order valence-corrected chi connectivity index (χ0v) is 18.4. The minimum Gasteiger partial charge on any atom is -0.477 e. The lowest BCUT2D eigenvalue weighted by Crippen LogP contribution is -2.34. The Labute approximate surface area is 182 Å². The summed E-state index contributed by atoms with van der Waals surface area (Å²) in [4.78, 5) is 13.0. The number of carbonyl (C=O) groups excluding carboxylic acids is 1. The minimum atomic E-state index is -3.64. The fourth-order valence-corrected chi connectivity index (χ4v) is 5.98.